The molecule has 2 heterocycles. The highest BCUT2D eigenvalue weighted by molar-refractivity contribution is 5.75. The van der Waals surface area contributed by atoms with Gasteiger partial charge in [0.2, 0.25) is 0 Å². The van der Waals surface area contributed by atoms with Gasteiger partial charge >= 0.3 is 5.97 Å². The number of aromatic nitrogens is 2. The Labute approximate surface area is 145 Å². The van der Waals surface area contributed by atoms with Crippen LogP contribution in [-0.4, -0.2) is 46.0 Å². The average Bonchev–Trinajstić information content (AvgIpc) is 3.09. The van der Waals surface area contributed by atoms with Gasteiger partial charge in [-0.1, -0.05) is 6.07 Å². The number of benzene rings is 1. The van der Waals surface area contributed by atoms with E-state index in [0.717, 1.165) is 19.4 Å². The predicted molar refractivity (Wildman–Crippen MR) is 89.9 cm³/mol. The van der Waals surface area contributed by atoms with Gasteiger partial charge < -0.3 is 9.84 Å². The van der Waals surface area contributed by atoms with Gasteiger partial charge in [-0.25, -0.2) is 4.39 Å². The molecule has 0 aliphatic carbocycles. The molecule has 0 bridgehead atoms. The zero-order valence-electron chi connectivity index (χ0n) is 14.1. The minimum Gasteiger partial charge on any atom is -0.494 e. The number of carboxylic acids is 1. The van der Waals surface area contributed by atoms with Crippen LogP contribution in [-0.2, 0) is 11.3 Å². The summed E-state index contributed by atoms with van der Waals surface area (Å²) in [5, 5.41) is 13.9. The lowest BCUT2D eigenvalue weighted by Crippen LogP contribution is -2.41. The number of halogens is 1. The molecule has 0 unspecified atom stereocenters. The summed E-state index contributed by atoms with van der Waals surface area (Å²) < 4.78 is 20.8. The molecule has 1 aromatic carbocycles. The van der Waals surface area contributed by atoms with Gasteiger partial charge in [-0.15, -0.1) is 0 Å². The van der Waals surface area contributed by atoms with Crippen molar-refractivity contribution in [3.8, 4) is 5.75 Å². The Bertz CT molecular complexity index is 712. The van der Waals surface area contributed by atoms with Crippen LogP contribution in [0.3, 0.4) is 0 Å². The number of likely N-dealkylation sites (tertiary alicyclic amines) is 1. The Balaban J connectivity index is 1.68. The number of carbonyl (C=O) groups is 1. The fourth-order valence-corrected chi connectivity index (χ4v) is 3.43. The molecule has 0 radical (unpaired) electrons. The van der Waals surface area contributed by atoms with Crippen LogP contribution in [0.25, 0.3) is 0 Å². The molecule has 1 saturated heterocycles. The van der Waals surface area contributed by atoms with E-state index in [1.807, 2.05) is 21.8 Å². The fraction of sp³-hybridized carbons (Fsp3) is 0.444. The van der Waals surface area contributed by atoms with Gasteiger partial charge in [0, 0.05) is 18.9 Å². The van der Waals surface area contributed by atoms with Crippen molar-refractivity contribution < 1.29 is 19.0 Å². The Morgan fingerprint density at radius 3 is 2.76 bits per heavy atom. The zero-order valence-corrected chi connectivity index (χ0v) is 14.1. The summed E-state index contributed by atoms with van der Waals surface area (Å²) in [6, 6.07) is 5.41. The monoisotopic (exact) mass is 347 g/mol. The number of hydrogen-bond donors (Lipinski definition) is 1. The Kier molecular flexibility index (Phi) is 5.33. The van der Waals surface area contributed by atoms with Crippen LogP contribution >= 0.6 is 0 Å². The van der Waals surface area contributed by atoms with E-state index in [9.17, 15) is 14.3 Å². The molecule has 1 aliphatic rings. The molecule has 1 aliphatic heterocycles. The summed E-state index contributed by atoms with van der Waals surface area (Å²) in [6.45, 7) is 2.17. The third-order valence-corrected chi connectivity index (χ3v) is 4.74. The van der Waals surface area contributed by atoms with Gasteiger partial charge in [-0.05, 0) is 55.6 Å². The predicted octanol–water partition coefficient (Wildman–Crippen LogP) is 2.57. The van der Waals surface area contributed by atoms with Crippen molar-refractivity contribution in [3.05, 3.63) is 48.0 Å². The highest BCUT2D eigenvalue weighted by Gasteiger charge is 2.31. The molecule has 0 amide bonds. The van der Waals surface area contributed by atoms with Gasteiger partial charge in [-0.2, -0.15) is 5.10 Å². The first-order chi connectivity index (χ1) is 12.1. The van der Waals surface area contributed by atoms with Gasteiger partial charge in [0.25, 0.3) is 0 Å². The second-order valence-corrected chi connectivity index (χ2v) is 6.34. The number of ether oxygens (including phenoxy) is 1. The average molecular weight is 347 g/mol. The third kappa shape index (κ3) is 3.99. The minimum absolute atomic E-state index is 0.116. The largest absolute Gasteiger partial charge is 0.494 e. The molecule has 1 N–H and O–H groups in total. The molecular formula is C18H22FN3O3. The molecule has 1 aromatic heterocycles. The normalized spacial score (nSPS) is 17.4. The van der Waals surface area contributed by atoms with Crippen LogP contribution in [0.2, 0.25) is 0 Å². The van der Waals surface area contributed by atoms with Crippen molar-refractivity contribution in [1.82, 2.24) is 14.7 Å². The Morgan fingerprint density at radius 1 is 1.44 bits per heavy atom. The van der Waals surface area contributed by atoms with Crippen molar-refractivity contribution in [3.63, 3.8) is 0 Å². The molecule has 7 heteroatoms. The van der Waals surface area contributed by atoms with E-state index in [1.54, 1.807) is 12.3 Å². The van der Waals surface area contributed by atoms with Crippen LogP contribution in [0.4, 0.5) is 4.39 Å². The smallest absolute Gasteiger partial charge is 0.325 e. The van der Waals surface area contributed by atoms with E-state index >= 15 is 0 Å². The minimum atomic E-state index is -0.963. The molecular weight excluding hydrogens is 325 g/mol. The van der Waals surface area contributed by atoms with E-state index in [-0.39, 0.29) is 5.75 Å². The molecule has 1 fully saturated rings. The maximum Gasteiger partial charge on any atom is 0.325 e. The summed E-state index contributed by atoms with van der Waals surface area (Å²) in [5.41, 5.74) is 0.441. The van der Waals surface area contributed by atoms with Gasteiger partial charge in [-0.3, -0.25) is 14.4 Å². The fourth-order valence-electron chi connectivity index (χ4n) is 3.43. The maximum atomic E-state index is 14.0. The lowest BCUT2D eigenvalue weighted by Gasteiger charge is -2.35. The van der Waals surface area contributed by atoms with Crippen molar-refractivity contribution in [2.75, 3.05) is 20.2 Å². The number of piperidine rings is 1. The third-order valence-electron chi connectivity index (χ3n) is 4.74. The quantitative estimate of drug-likeness (QED) is 0.870. The molecule has 0 saturated carbocycles. The molecule has 134 valence electrons. The lowest BCUT2D eigenvalue weighted by atomic mass is 9.94. The first-order valence-corrected chi connectivity index (χ1v) is 8.36. The molecule has 1 atom stereocenters. The van der Waals surface area contributed by atoms with Crippen LogP contribution < -0.4 is 4.74 Å². The number of aliphatic carboxylic acids is 1. The van der Waals surface area contributed by atoms with E-state index < -0.39 is 17.8 Å². The number of hydrogen-bond acceptors (Lipinski definition) is 4. The Hall–Kier alpha value is -2.41. The number of methoxy groups -OCH3 is 1. The molecule has 0 spiro atoms. The number of carboxylic acid groups (broad SMARTS) is 1. The second-order valence-electron chi connectivity index (χ2n) is 6.34. The number of rotatable bonds is 6. The van der Waals surface area contributed by atoms with Crippen LogP contribution in [0.15, 0.2) is 36.7 Å². The number of nitrogens with zero attached hydrogens (tertiary/aromatic N) is 3. The summed E-state index contributed by atoms with van der Waals surface area (Å²) in [7, 11) is 1.39. The van der Waals surface area contributed by atoms with Gasteiger partial charge in [0.05, 0.1) is 7.11 Å². The summed E-state index contributed by atoms with van der Waals surface area (Å²) >= 11 is 0. The van der Waals surface area contributed by atoms with Crippen LogP contribution in [0.1, 0.15) is 24.4 Å². The van der Waals surface area contributed by atoms with Gasteiger partial charge in [0.1, 0.15) is 6.04 Å². The summed E-state index contributed by atoms with van der Waals surface area (Å²) in [6.07, 6.45) is 5.48. The first-order valence-electron chi connectivity index (χ1n) is 8.36. The van der Waals surface area contributed by atoms with E-state index in [0.29, 0.717) is 24.6 Å². The van der Waals surface area contributed by atoms with Crippen LogP contribution in [0, 0.1) is 11.7 Å². The van der Waals surface area contributed by atoms with E-state index in [1.165, 1.54) is 19.2 Å². The van der Waals surface area contributed by atoms with Gasteiger partial charge in [0.15, 0.2) is 11.6 Å². The van der Waals surface area contributed by atoms with Crippen LogP contribution in [0.5, 0.6) is 5.75 Å². The van der Waals surface area contributed by atoms with Crippen molar-refractivity contribution in [2.45, 2.75) is 25.4 Å². The molecule has 6 nitrogen and oxygen atoms in total. The topological polar surface area (TPSA) is 67.6 Å². The molecule has 2 aromatic rings. The second kappa shape index (κ2) is 7.65. The highest BCUT2D eigenvalue weighted by Crippen LogP contribution is 2.30. The molecule has 25 heavy (non-hydrogen) atoms. The SMILES string of the molecule is COc1ccc([C@H](C(=O)O)N2CCC(Cn3cccn3)CC2)cc1F. The zero-order chi connectivity index (χ0) is 17.8. The van der Waals surface area contributed by atoms with E-state index in [4.69, 9.17) is 4.74 Å². The van der Waals surface area contributed by atoms with Crippen molar-refractivity contribution >= 4 is 5.97 Å². The van der Waals surface area contributed by atoms with Crippen molar-refractivity contribution in [1.29, 1.82) is 0 Å². The van der Waals surface area contributed by atoms with Crippen molar-refractivity contribution in [2.24, 2.45) is 5.92 Å². The van der Waals surface area contributed by atoms with E-state index in [2.05, 4.69) is 5.10 Å². The highest BCUT2D eigenvalue weighted by atomic mass is 19.1. The summed E-state index contributed by atoms with van der Waals surface area (Å²) in [4.78, 5) is 13.7. The maximum absolute atomic E-state index is 14.0. The summed E-state index contributed by atoms with van der Waals surface area (Å²) in [5.74, 6) is -0.918. The standard InChI is InChI=1S/C18H22FN3O3/c1-25-16-4-3-14(11-15(16)19)17(18(23)24)21-9-5-13(6-10-21)12-22-8-2-7-20-22/h2-4,7-8,11,13,17H,5-6,9-10,12H2,1H3,(H,23,24)/t17-/m1/s1. The first kappa shape index (κ1) is 17.4. The molecule has 3 rings (SSSR count). The lowest BCUT2D eigenvalue weighted by molar-refractivity contribution is -0.144. The Morgan fingerprint density at radius 2 is 2.20 bits per heavy atom.